The first-order valence-electron chi connectivity index (χ1n) is 4.98. The second kappa shape index (κ2) is 4.31. The molecule has 1 aromatic carbocycles. The molecule has 72 valence electrons. The highest BCUT2D eigenvalue weighted by Crippen LogP contribution is 2.23. The highest BCUT2D eigenvalue weighted by atomic mass is 15.1. The standard InChI is InChI=1S/C12H19N/c1-5-10-8-7-9-12(13(3)4)11(10)6-2/h7-9H,5-6H2,1-4H3. The number of rotatable bonds is 3. The Morgan fingerprint density at radius 2 is 1.77 bits per heavy atom. The molecule has 0 bridgehead atoms. The third-order valence-corrected chi connectivity index (χ3v) is 2.46. The molecule has 0 saturated heterocycles. The Hall–Kier alpha value is -0.980. The monoisotopic (exact) mass is 177 g/mol. The van der Waals surface area contributed by atoms with Gasteiger partial charge in [-0.15, -0.1) is 0 Å². The van der Waals surface area contributed by atoms with Crippen LogP contribution in [0.4, 0.5) is 5.69 Å². The minimum Gasteiger partial charge on any atom is -0.377 e. The van der Waals surface area contributed by atoms with Gasteiger partial charge in [-0.05, 0) is 30.0 Å². The van der Waals surface area contributed by atoms with Crippen LogP contribution in [-0.2, 0) is 12.8 Å². The van der Waals surface area contributed by atoms with Gasteiger partial charge >= 0.3 is 0 Å². The van der Waals surface area contributed by atoms with Crippen LogP contribution < -0.4 is 4.90 Å². The zero-order chi connectivity index (χ0) is 9.84. The topological polar surface area (TPSA) is 3.24 Å². The second-order valence-corrected chi connectivity index (χ2v) is 3.52. The lowest BCUT2D eigenvalue weighted by molar-refractivity contribution is 1.00. The van der Waals surface area contributed by atoms with Gasteiger partial charge in [0.05, 0.1) is 0 Å². The molecular weight excluding hydrogens is 158 g/mol. The number of anilines is 1. The van der Waals surface area contributed by atoms with Crippen molar-refractivity contribution in [1.82, 2.24) is 0 Å². The van der Waals surface area contributed by atoms with Crippen LogP contribution in [0, 0.1) is 0 Å². The first kappa shape index (κ1) is 10.1. The quantitative estimate of drug-likeness (QED) is 0.686. The molecule has 0 atom stereocenters. The molecule has 13 heavy (non-hydrogen) atoms. The van der Waals surface area contributed by atoms with E-state index in [0.717, 1.165) is 12.8 Å². The lowest BCUT2D eigenvalue weighted by atomic mass is 10.0. The van der Waals surface area contributed by atoms with E-state index in [0.29, 0.717) is 0 Å². The molecule has 1 heteroatoms. The van der Waals surface area contributed by atoms with Gasteiger partial charge in [-0.3, -0.25) is 0 Å². The number of hydrogen-bond acceptors (Lipinski definition) is 1. The van der Waals surface area contributed by atoms with Crippen molar-refractivity contribution < 1.29 is 0 Å². The van der Waals surface area contributed by atoms with Crippen LogP contribution in [0.1, 0.15) is 25.0 Å². The molecule has 1 nitrogen and oxygen atoms in total. The van der Waals surface area contributed by atoms with E-state index in [1.807, 2.05) is 0 Å². The fraction of sp³-hybridized carbons (Fsp3) is 0.500. The molecule has 0 unspecified atom stereocenters. The zero-order valence-electron chi connectivity index (χ0n) is 9.09. The molecule has 0 fully saturated rings. The lowest BCUT2D eigenvalue weighted by Gasteiger charge is -2.19. The van der Waals surface area contributed by atoms with Crippen LogP contribution in [0.2, 0.25) is 0 Å². The summed E-state index contributed by atoms with van der Waals surface area (Å²) in [5, 5.41) is 0. The van der Waals surface area contributed by atoms with Crippen LogP contribution in [-0.4, -0.2) is 14.1 Å². The predicted molar refractivity (Wildman–Crippen MR) is 59.5 cm³/mol. The number of aryl methyl sites for hydroxylation is 1. The smallest absolute Gasteiger partial charge is 0.0396 e. The van der Waals surface area contributed by atoms with Gasteiger partial charge in [-0.1, -0.05) is 26.0 Å². The van der Waals surface area contributed by atoms with E-state index in [-0.39, 0.29) is 0 Å². The summed E-state index contributed by atoms with van der Waals surface area (Å²) in [6.07, 6.45) is 2.25. The third kappa shape index (κ3) is 2.03. The summed E-state index contributed by atoms with van der Waals surface area (Å²) in [4.78, 5) is 2.19. The van der Waals surface area contributed by atoms with E-state index in [1.54, 1.807) is 0 Å². The van der Waals surface area contributed by atoms with Crippen LogP contribution in [0.3, 0.4) is 0 Å². The summed E-state index contributed by atoms with van der Waals surface area (Å²) in [7, 11) is 4.21. The average Bonchev–Trinajstić information content (AvgIpc) is 2.16. The van der Waals surface area contributed by atoms with Crippen LogP contribution in [0.5, 0.6) is 0 Å². The summed E-state index contributed by atoms with van der Waals surface area (Å²) in [6, 6.07) is 6.57. The van der Waals surface area contributed by atoms with Crippen molar-refractivity contribution in [3.63, 3.8) is 0 Å². The van der Waals surface area contributed by atoms with Crippen LogP contribution >= 0.6 is 0 Å². The van der Waals surface area contributed by atoms with Gasteiger partial charge in [0.15, 0.2) is 0 Å². The van der Waals surface area contributed by atoms with Gasteiger partial charge < -0.3 is 4.90 Å². The summed E-state index contributed by atoms with van der Waals surface area (Å²) in [6.45, 7) is 4.44. The maximum Gasteiger partial charge on any atom is 0.0396 e. The zero-order valence-corrected chi connectivity index (χ0v) is 9.09. The van der Waals surface area contributed by atoms with Crippen molar-refractivity contribution in [1.29, 1.82) is 0 Å². The van der Waals surface area contributed by atoms with Gasteiger partial charge in [0.25, 0.3) is 0 Å². The number of hydrogen-bond donors (Lipinski definition) is 0. The Morgan fingerprint density at radius 3 is 2.23 bits per heavy atom. The second-order valence-electron chi connectivity index (χ2n) is 3.52. The van der Waals surface area contributed by atoms with E-state index in [9.17, 15) is 0 Å². The molecule has 1 aromatic rings. The fourth-order valence-corrected chi connectivity index (χ4v) is 1.78. The van der Waals surface area contributed by atoms with E-state index in [2.05, 4.69) is 51.0 Å². The first-order chi connectivity index (χ1) is 6.20. The molecule has 0 heterocycles. The molecule has 0 amide bonds. The number of nitrogens with zero attached hydrogens (tertiary/aromatic N) is 1. The summed E-state index contributed by atoms with van der Waals surface area (Å²) in [5.74, 6) is 0. The SMILES string of the molecule is CCc1cccc(N(C)C)c1CC. The summed E-state index contributed by atoms with van der Waals surface area (Å²) < 4.78 is 0. The van der Waals surface area contributed by atoms with Gasteiger partial charge in [0, 0.05) is 19.8 Å². The van der Waals surface area contributed by atoms with Crippen molar-refractivity contribution in [3.8, 4) is 0 Å². The summed E-state index contributed by atoms with van der Waals surface area (Å²) >= 11 is 0. The molecule has 0 aliphatic carbocycles. The normalized spacial score (nSPS) is 10.2. The molecule has 0 aliphatic rings. The Labute approximate surface area is 81.4 Å². The molecule has 1 rings (SSSR count). The highest BCUT2D eigenvalue weighted by molar-refractivity contribution is 5.55. The molecule has 0 radical (unpaired) electrons. The van der Waals surface area contributed by atoms with E-state index in [4.69, 9.17) is 0 Å². The first-order valence-corrected chi connectivity index (χ1v) is 4.98. The largest absolute Gasteiger partial charge is 0.377 e. The van der Waals surface area contributed by atoms with E-state index >= 15 is 0 Å². The Bertz CT molecular complexity index is 276. The van der Waals surface area contributed by atoms with Gasteiger partial charge in [0.1, 0.15) is 0 Å². The maximum absolute atomic E-state index is 2.23. The van der Waals surface area contributed by atoms with Crippen molar-refractivity contribution in [2.75, 3.05) is 19.0 Å². The predicted octanol–water partition coefficient (Wildman–Crippen LogP) is 2.88. The van der Waals surface area contributed by atoms with Crippen molar-refractivity contribution in [2.24, 2.45) is 0 Å². The van der Waals surface area contributed by atoms with Crippen molar-refractivity contribution >= 4 is 5.69 Å². The van der Waals surface area contributed by atoms with Crippen LogP contribution in [0.15, 0.2) is 18.2 Å². The molecular formula is C12H19N. The van der Waals surface area contributed by atoms with Crippen LogP contribution in [0.25, 0.3) is 0 Å². The molecule has 0 aliphatic heterocycles. The average molecular weight is 177 g/mol. The van der Waals surface area contributed by atoms with Gasteiger partial charge in [-0.25, -0.2) is 0 Å². The van der Waals surface area contributed by atoms with E-state index in [1.165, 1.54) is 16.8 Å². The van der Waals surface area contributed by atoms with Gasteiger partial charge in [0.2, 0.25) is 0 Å². The minimum absolute atomic E-state index is 1.12. The fourth-order valence-electron chi connectivity index (χ4n) is 1.78. The molecule has 0 aromatic heterocycles. The Kier molecular flexibility index (Phi) is 3.35. The Balaban J connectivity index is 3.19. The summed E-state index contributed by atoms with van der Waals surface area (Å²) in [5.41, 5.74) is 4.34. The Morgan fingerprint density at radius 1 is 1.08 bits per heavy atom. The van der Waals surface area contributed by atoms with Gasteiger partial charge in [-0.2, -0.15) is 0 Å². The van der Waals surface area contributed by atoms with Crippen molar-refractivity contribution in [2.45, 2.75) is 26.7 Å². The van der Waals surface area contributed by atoms with E-state index < -0.39 is 0 Å². The minimum atomic E-state index is 1.12. The lowest BCUT2D eigenvalue weighted by Crippen LogP contribution is -2.12. The molecule has 0 spiro atoms. The maximum atomic E-state index is 2.23. The highest BCUT2D eigenvalue weighted by Gasteiger charge is 2.05. The molecule has 0 N–H and O–H groups in total. The van der Waals surface area contributed by atoms with Crippen molar-refractivity contribution in [3.05, 3.63) is 29.3 Å². The third-order valence-electron chi connectivity index (χ3n) is 2.46. The number of benzene rings is 1. The molecule has 0 saturated carbocycles.